The standard InChI is InChI=1S/C12H22N2O4S/c1-10-4-7-13(8-5-10)19(17,18)14(11-2-3-11)9-6-12(15)16/h10-11H,2-9H2,1H3,(H,15,16). The summed E-state index contributed by atoms with van der Waals surface area (Å²) in [5.41, 5.74) is 0. The number of aliphatic carboxylic acids is 1. The molecule has 0 aromatic rings. The van der Waals surface area contributed by atoms with E-state index < -0.39 is 16.2 Å². The zero-order chi connectivity index (χ0) is 14.0. The molecule has 1 heterocycles. The number of rotatable bonds is 6. The molecular formula is C12H22N2O4S. The number of piperidine rings is 1. The average Bonchev–Trinajstić information content (AvgIpc) is 3.13. The normalized spacial score (nSPS) is 22.8. The zero-order valence-corrected chi connectivity index (χ0v) is 12.1. The zero-order valence-electron chi connectivity index (χ0n) is 11.3. The fourth-order valence-corrected chi connectivity index (χ4v) is 4.30. The molecule has 2 rings (SSSR count). The molecule has 0 aromatic carbocycles. The van der Waals surface area contributed by atoms with Gasteiger partial charge in [0.25, 0.3) is 10.2 Å². The SMILES string of the molecule is CC1CCN(S(=O)(=O)N(CCC(=O)O)C2CC2)CC1. The summed E-state index contributed by atoms with van der Waals surface area (Å²) in [4.78, 5) is 10.7. The van der Waals surface area contributed by atoms with Crippen LogP contribution in [-0.4, -0.2) is 53.8 Å². The number of nitrogens with zero attached hydrogens (tertiary/aromatic N) is 2. The van der Waals surface area contributed by atoms with Gasteiger partial charge in [0.15, 0.2) is 0 Å². The second-order valence-corrected chi connectivity index (χ2v) is 7.46. The molecule has 110 valence electrons. The van der Waals surface area contributed by atoms with Gasteiger partial charge in [0.1, 0.15) is 0 Å². The van der Waals surface area contributed by atoms with Crippen LogP contribution < -0.4 is 0 Å². The van der Waals surface area contributed by atoms with E-state index in [1.807, 2.05) is 0 Å². The van der Waals surface area contributed by atoms with E-state index in [4.69, 9.17) is 5.11 Å². The van der Waals surface area contributed by atoms with Crippen LogP contribution in [-0.2, 0) is 15.0 Å². The minimum absolute atomic E-state index is 0.0173. The first-order valence-corrected chi connectivity index (χ1v) is 8.29. The Morgan fingerprint density at radius 2 is 1.84 bits per heavy atom. The molecule has 19 heavy (non-hydrogen) atoms. The van der Waals surface area contributed by atoms with Crippen molar-refractivity contribution < 1.29 is 18.3 Å². The summed E-state index contributed by atoms with van der Waals surface area (Å²) in [6.45, 7) is 3.33. The Hall–Kier alpha value is -0.660. The third-order valence-electron chi connectivity index (χ3n) is 3.87. The van der Waals surface area contributed by atoms with Crippen LogP contribution in [0.25, 0.3) is 0 Å². The predicted octanol–water partition coefficient (Wildman–Crippen LogP) is 0.902. The van der Waals surface area contributed by atoms with Crippen molar-refractivity contribution >= 4 is 16.2 Å². The highest BCUT2D eigenvalue weighted by Gasteiger charge is 2.40. The quantitative estimate of drug-likeness (QED) is 0.788. The molecular weight excluding hydrogens is 268 g/mol. The minimum atomic E-state index is -3.48. The number of hydrogen-bond acceptors (Lipinski definition) is 3. The van der Waals surface area contributed by atoms with E-state index in [1.54, 1.807) is 0 Å². The molecule has 0 unspecified atom stereocenters. The number of hydrogen-bond donors (Lipinski definition) is 1. The van der Waals surface area contributed by atoms with Gasteiger partial charge >= 0.3 is 5.97 Å². The van der Waals surface area contributed by atoms with Crippen LogP contribution in [0.5, 0.6) is 0 Å². The van der Waals surface area contributed by atoms with Crippen molar-refractivity contribution in [2.24, 2.45) is 5.92 Å². The maximum atomic E-state index is 12.5. The van der Waals surface area contributed by atoms with Gasteiger partial charge in [-0.15, -0.1) is 0 Å². The van der Waals surface area contributed by atoms with Crippen LogP contribution in [0.1, 0.15) is 39.0 Å². The third kappa shape index (κ3) is 3.67. The Labute approximate surface area is 114 Å². The van der Waals surface area contributed by atoms with Gasteiger partial charge in [-0.25, -0.2) is 0 Å². The van der Waals surface area contributed by atoms with Crippen LogP contribution >= 0.6 is 0 Å². The van der Waals surface area contributed by atoms with Crippen molar-refractivity contribution in [3.63, 3.8) is 0 Å². The van der Waals surface area contributed by atoms with Gasteiger partial charge in [0.2, 0.25) is 0 Å². The Bertz CT molecular complexity index is 425. The van der Waals surface area contributed by atoms with Crippen LogP contribution in [0.15, 0.2) is 0 Å². The second-order valence-electron chi connectivity index (χ2n) is 5.57. The van der Waals surface area contributed by atoms with E-state index in [1.165, 1.54) is 8.61 Å². The molecule has 7 heteroatoms. The number of carbonyl (C=O) groups is 1. The third-order valence-corrected chi connectivity index (χ3v) is 5.96. The molecule has 2 aliphatic rings. The van der Waals surface area contributed by atoms with Gasteiger partial charge in [0.05, 0.1) is 6.42 Å². The van der Waals surface area contributed by atoms with Crippen LogP contribution in [0.2, 0.25) is 0 Å². The Morgan fingerprint density at radius 1 is 1.26 bits per heavy atom. The molecule has 0 atom stereocenters. The molecule has 1 aliphatic carbocycles. The highest BCUT2D eigenvalue weighted by molar-refractivity contribution is 7.86. The first-order chi connectivity index (χ1) is 8.91. The fourth-order valence-electron chi connectivity index (χ4n) is 2.42. The highest BCUT2D eigenvalue weighted by Crippen LogP contribution is 2.32. The molecule has 2 fully saturated rings. The average molecular weight is 290 g/mol. The van der Waals surface area contributed by atoms with Crippen molar-refractivity contribution in [3.05, 3.63) is 0 Å². The van der Waals surface area contributed by atoms with Crippen molar-refractivity contribution in [2.75, 3.05) is 19.6 Å². The van der Waals surface area contributed by atoms with E-state index in [0.29, 0.717) is 19.0 Å². The summed E-state index contributed by atoms with van der Waals surface area (Å²) in [6, 6.07) is 0.0173. The lowest BCUT2D eigenvalue weighted by Crippen LogP contribution is -2.48. The van der Waals surface area contributed by atoms with Gasteiger partial charge in [-0.1, -0.05) is 6.92 Å². The second kappa shape index (κ2) is 5.76. The van der Waals surface area contributed by atoms with Gasteiger partial charge < -0.3 is 5.11 Å². The lowest BCUT2D eigenvalue weighted by molar-refractivity contribution is -0.137. The lowest BCUT2D eigenvalue weighted by Gasteiger charge is -2.34. The van der Waals surface area contributed by atoms with E-state index in [0.717, 1.165) is 25.7 Å². The van der Waals surface area contributed by atoms with Crippen LogP contribution in [0, 0.1) is 5.92 Å². The van der Waals surface area contributed by atoms with E-state index >= 15 is 0 Å². The molecule has 1 N–H and O–H groups in total. The highest BCUT2D eigenvalue weighted by atomic mass is 32.2. The van der Waals surface area contributed by atoms with Gasteiger partial charge in [-0.3, -0.25) is 4.79 Å². The van der Waals surface area contributed by atoms with E-state index in [9.17, 15) is 13.2 Å². The van der Waals surface area contributed by atoms with Gasteiger partial charge in [0, 0.05) is 25.7 Å². The van der Waals surface area contributed by atoms with E-state index in [2.05, 4.69) is 6.92 Å². The first kappa shape index (κ1) is 14.7. The molecule has 0 spiro atoms. The molecule has 1 aliphatic heterocycles. The van der Waals surface area contributed by atoms with Crippen LogP contribution in [0.3, 0.4) is 0 Å². The Balaban J connectivity index is 2.04. The number of carboxylic acid groups (broad SMARTS) is 1. The predicted molar refractivity (Wildman–Crippen MR) is 70.9 cm³/mol. The molecule has 0 aromatic heterocycles. The summed E-state index contributed by atoms with van der Waals surface area (Å²) < 4.78 is 28.0. The summed E-state index contributed by atoms with van der Waals surface area (Å²) in [5.74, 6) is -0.382. The minimum Gasteiger partial charge on any atom is -0.481 e. The monoisotopic (exact) mass is 290 g/mol. The van der Waals surface area contributed by atoms with Crippen molar-refractivity contribution in [3.8, 4) is 0 Å². The topological polar surface area (TPSA) is 77.9 Å². The summed E-state index contributed by atoms with van der Waals surface area (Å²) in [5, 5.41) is 8.74. The van der Waals surface area contributed by atoms with E-state index in [-0.39, 0.29) is 19.0 Å². The van der Waals surface area contributed by atoms with Crippen molar-refractivity contribution in [2.45, 2.75) is 45.1 Å². The maximum Gasteiger partial charge on any atom is 0.304 e. The molecule has 0 amide bonds. The molecule has 6 nitrogen and oxygen atoms in total. The molecule has 1 saturated heterocycles. The van der Waals surface area contributed by atoms with Gasteiger partial charge in [-0.05, 0) is 31.6 Å². The largest absolute Gasteiger partial charge is 0.481 e. The number of carboxylic acids is 1. The molecule has 1 saturated carbocycles. The summed E-state index contributed by atoms with van der Waals surface area (Å²) in [6.07, 6.45) is 3.35. The lowest BCUT2D eigenvalue weighted by atomic mass is 10.0. The van der Waals surface area contributed by atoms with Crippen molar-refractivity contribution in [1.82, 2.24) is 8.61 Å². The smallest absolute Gasteiger partial charge is 0.304 e. The molecule has 0 radical (unpaired) electrons. The van der Waals surface area contributed by atoms with Crippen LogP contribution in [0.4, 0.5) is 0 Å². The first-order valence-electron chi connectivity index (χ1n) is 6.90. The Morgan fingerprint density at radius 3 is 2.32 bits per heavy atom. The van der Waals surface area contributed by atoms with Crippen molar-refractivity contribution in [1.29, 1.82) is 0 Å². The summed E-state index contributed by atoms with van der Waals surface area (Å²) in [7, 11) is -3.48. The fraction of sp³-hybridized carbons (Fsp3) is 0.917. The Kier molecular flexibility index (Phi) is 4.47. The maximum absolute atomic E-state index is 12.5. The molecule has 0 bridgehead atoms. The summed E-state index contributed by atoms with van der Waals surface area (Å²) >= 11 is 0. The van der Waals surface area contributed by atoms with Gasteiger partial charge in [-0.2, -0.15) is 17.0 Å².